The van der Waals surface area contributed by atoms with Crippen LogP contribution >= 0.6 is 0 Å². The topological polar surface area (TPSA) is 110 Å². The molecule has 0 saturated heterocycles. The van der Waals surface area contributed by atoms with Crippen molar-refractivity contribution in [3.8, 4) is 11.5 Å². The van der Waals surface area contributed by atoms with Gasteiger partial charge in [-0.05, 0) is 30.3 Å². The Balaban J connectivity index is 1.41. The zero-order chi connectivity index (χ0) is 22.0. The number of aryl methyl sites for hydroxylation is 1. The molecule has 0 unspecified atom stereocenters. The number of ether oxygens (including phenoxy) is 2. The summed E-state index contributed by atoms with van der Waals surface area (Å²) in [5.41, 5.74) is 2.81. The second kappa shape index (κ2) is 8.39. The number of fused-ring (bicyclic) bond motifs is 2. The third kappa shape index (κ3) is 3.89. The van der Waals surface area contributed by atoms with E-state index in [0.29, 0.717) is 23.1 Å². The van der Waals surface area contributed by atoms with Gasteiger partial charge in [-0.15, -0.1) is 0 Å². The molecular formula is C22H23N5O4. The molecule has 0 radical (unpaired) electrons. The Morgan fingerprint density at radius 2 is 1.84 bits per heavy atom. The average molecular weight is 421 g/mol. The molecule has 2 aromatic heterocycles. The summed E-state index contributed by atoms with van der Waals surface area (Å²) in [5.74, 6) is 1.13. The number of amides is 2. The lowest BCUT2D eigenvalue weighted by atomic mass is 10.2. The van der Waals surface area contributed by atoms with Crippen LogP contribution in [0.25, 0.3) is 21.9 Å². The average Bonchev–Trinajstić information content (AvgIpc) is 3.33. The number of anilines is 1. The summed E-state index contributed by atoms with van der Waals surface area (Å²) in [4.78, 5) is 32.3. The van der Waals surface area contributed by atoms with Gasteiger partial charge < -0.3 is 24.3 Å². The number of nitrogens with one attached hydrogen (secondary N) is 3. The molecule has 2 heterocycles. The van der Waals surface area contributed by atoms with Crippen LogP contribution in [0.5, 0.6) is 11.5 Å². The minimum atomic E-state index is -0.292. The fourth-order valence-corrected chi connectivity index (χ4v) is 3.56. The SMILES string of the molecule is COc1ccc(OC)c2c1cc(C(=O)NCCC(=O)Nc1nc3ccccc3[nH]1)n2C. The summed E-state index contributed by atoms with van der Waals surface area (Å²) in [6, 6.07) is 12.8. The first-order chi connectivity index (χ1) is 15.0. The van der Waals surface area contributed by atoms with Gasteiger partial charge in [-0.25, -0.2) is 4.98 Å². The second-order valence-electron chi connectivity index (χ2n) is 6.98. The number of para-hydroxylation sites is 2. The first kappa shape index (κ1) is 20.3. The molecule has 0 bridgehead atoms. The second-order valence-corrected chi connectivity index (χ2v) is 6.98. The Morgan fingerprint density at radius 3 is 2.58 bits per heavy atom. The van der Waals surface area contributed by atoms with Gasteiger partial charge in [0.05, 0.1) is 30.8 Å². The van der Waals surface area contributed by atoms with Gasteiger partial charge in [0.1, 0.15) is 17.2 Å². The predicted molar refractivity (Wildman–Crippen MR) is 118 cm³/mol. The van der Waals surface area contributed by atoms with Crippen molar-refractivity contribution in [3.63, 3.8) is 0 Å². The van der Waals surface area contributed by atoms with Crippen molar-refractivity contribution in [1.29, 1.82) is 0 Å². The first-order valence-electron chi connectivity index (χ1n) is 9.75. The highest BCUT2D eigenvalue weighted by Crippen LogP contribution is 2.35. The van der Waals surface area contributed by atoms with Crippen molar-refractivity contribution in [1.82, 2.24) is 19.9 Å². The summed E-state index contributed by atoms with van der Waals surface area (Å²) in [7, 11) is 4.94. The quantitative estimate of drug-likeness (QED) is 0.425. The molecule has 2 aromatic carbocycles. The minimum Gasteiger partial charge on any atom is -0.496 e. The summed E-state index contributed by atoms with van der Waals surface area (Å²) in [6.07, 6.45) is 0.110. The minimum absolute atomic E-state index is 0.110. The fourth-order valence-electron chi connectivity index (χ4n) is 3.56. The maximum atomic E-state index is 12.7. The normalized spacial score (nSPS) is 10.9. The van der Waals surface area contributed by atoms with Gasteiger partial charge in [-0.3, -0.25) is 14.9 Å². The van der Waals surface area contributed by atoms with E-state index in [4.69, 9.17) is 9.47 Å². The maximum absolute atomic E-state index is 12.7. The molecule has 31 heavy (non-hydrogen) atoms. The van der Waals surface area contributed by atoms with Gasteiger partial charge in [-0.2, -0.15) is 0 Å². The molecule has 4 rings (SSSR count). The van der Waals surface area contributed by atoms with Crippen LogP contribution in [-0.4, -0.2) is 47.1 Å². The summed E-state index contributed by atoms with van der Waals surface area (Å²) < 4.78 is 12.6. The van der Waals surface area contributed by atoms with Crippen molar-refractivity contribution in [2.45, 2.75) is 6.42 Å². The number of H-pyrrole nitrogens is 1. The Kier molecular flexibility index (Phi) is 5.48. The van der Waals surface area contributed by atoms with Crippen LogP contribution in [0.15, 0.2) is 42.5 Å². The van der Waals surface area contributed by atoms with E-state index in [0.717, 1.165) is 21.9 Å². The molecule has 0 saturated carbocycles. The van der Waals surface area contributed by atoms with E-state index in [1.807, 2.05) is 24.3 Å². The third-order valence-corrected chi connectivity index (χ3v) is 5.08. The number of carbonyl (C=O) groups is 2. The first-order valence-corrected chi connectivity index (χ1v) is 9.75. The van der Waals surface area contributed by atoms with E-state index in [-0.39, 0.29) is 24.8 Å². The molecule has 0 aliphatic carbocycles. The number of imidazole rings is 1. The Labute approximate surface area is 178 Å². The molecule has 3 N–H and O–H groups in total. The van der Waals surface area contributed by atoms with E-state index in [1.54, 1.807) is 44.0 Å². The van der Waals surface area contributed by atoms with Crippen LogP contribution in [0.3, 0.4) is 0 Å². The van der Waals surface area contributed by atoms with Crippen molar-refractivity contribution in [3.05, 3.63) is 48.2 Å². The number of hydrogen-bond acceptors (Lipinski definition) is 5. The summed E-state index contributed by atoms with van der Waals surface area (Å²) in [6.45, 7) is 0.181. The maximum Gasteiger partial charge on any atom is 0.267 e. The number of benzene rings is 2. The molecule has 0 aliphatic rings. The highest BCUT2D eigenvalue weighted by atomic mass is 16.5. The van der Waals surface area contributed by atoms with E-state index in [9.17, 15) is 9.59 Å². The van der Waals surface area contributed by atoms with Crippen LogP contribution in [0.1, 0.15) is 16.9 Å². The number of carbonyl (C=O) groups excluding carboxylic acids is 2. The van der Waals surface area contributed by atoms with Gasteiger partial charge in [0.2, 0.25) is 11.9 Å². The number of rotatable bonds is 7. The molecule has 4 aromatic rings. The number of aromatic amines is 1. The fraction of sp³-hybridized carbons (Fsp3) is 0.227. The molecule has 9 heteroatoms. The van der Waals surface area contributed by atoms with Gasteiger partial charge >= 0.3 is 0 Å². The van der Waals surface area contributed by atoms with E-state index >= 15 is 0 Å². The largest absolute Gasteiger partial charge is 0.496 e. The van der Waals surface area contributed by atoms with Crippen LogP contribution in [0, 0.1) is 0 Å². The zero-order valence-corrected chi connectivity index (χ0v) is 17.5. The Hall–Kier alpha value is -4.01. The van der Waals surface area contributed by atoms with Gasteiger partial charge in [0.25, 0.3) is 5.91 Å². The van der Waals surface area contributed by atoms with Gasteiger partial charge in [0, 0.05) is 25.4 Å². The summed E-state index contributed by atoms with van der Waals surface area (Å²) >= 11 is 0. The Bertz CT molecular complexity index is 1240. The van der Waals surface area contributed by atoms with E-state index in [2.05, 4.69) is 20.6 Å². The van der Waals surface area contributed by atoms with Crippen molar-refractivity contribution in [2.24, 2.45) is 7.05 Å². The van der Waals surface area contributed by atoms with Gasteiger partial charge in [-0.1, -0.05) is 12.1 Å². The number of hydrogen-bond donors (Lipinski definition) is 3. The molecule has 9 nitrogen and oxygen atoms in total. The molecule has 2 amide bonds. The molecule has 160 valence electrons. The van der Waals surface area contributed by atoms with Crippen LogP contribution < -0.4 is 20.1 Å². The standard InChI is InChI=1S/C22H23N5O4/c1-27-16(12-13-17(30-2)8-9-18(31-3)20(13)27)21(29)23-11-10-19(28)26-22-24-14-6-4-5-7-15(14)25-22/h4-9,12H,10-11H2,1-3H3,(H,23,29)(H2,24,25,26,28). The molecular weight excluding hydrogens is 398 g/mol. The molecule has 0 aliphatic heterocycles. The van der Waals surface area contributed by atoms with Crippen molar-refractivity contribution in [2.75, 3.05) is 26.1 Å². The highest BCUT2D eigenvalue weighted by Gasteiger charge is 2.19. The van der Waals surface area contributed by atoms with E-state index < -0.39 is 0 Å². The van der Waals surface area contributed by atoms with Crippen LogP contribution in [0.4, 0.5) is 5.95 Å². The summed E-state index contributed by atoms with van der Waals surface area (Å²) in [5, 5.41) is 6.27. The van der Waals surface area contributed by atoms with Gasteiger partial charge in [0.15, 0.2) is 0 Å². The number of methoxy groups -OCH3 is 2. The number of nitrogens with zero attached hydrogens (tertiary/aromatic N) is 2. The van der Waals surface area contributed by atoms with Crippen molar-refractivity contribution < 1.29 is 19.1 Å². The highest BCUT2D eigenvalue weighted by molar-refractivity contribution is 6.02. The third-order valence-electron chi connectivity index (χ3n) is 5.08. The van der Waals surface area contributed by atoms with Crippen LogP contribution in [-0.2, 0) is 11.8 Å². The van der Waals surface area contributed by atoms with Crippen molar-refractivity contribution >= 4 is 39.7 Å². The molecule has 0 spiro atoms. The molecule has 0 fully saturated rings. The number of aromatic nitrogens is 3. The predicted octanol–water partition coefficient (Wildman–Crippen LogP) is 2.83. The molecule has 0 atom stereocenters. The lowest BCUT2D eigenvalue weighted by Crippen LogP contribution is -2.29. The monoisotopic (exact) mass is 421 g/mol. The Morgan fingerprint density at radius 1 is 1.10 bits per heavy atom. The van der Waals surface area contributed by atoms with Crippen LogP contribution in [0.2, 0.25) is 0 Å². The lowest BCUT2D eigenvalue weighted by Gasteiger charge is -2.09. The van der Waals surface area contributed by atoms with E-state index in [1.165, 1.54) is 0 Å². The lowest BCUT2D eigenvalue weighted by molar-refractivity contribution is -0.116. The smallest absolute Gasteiger partial charge is 0.267 e. The zero-order valence-electron chi connectivity index (χ0n) is 17.5.